The highest BCUT2D eigenvalue weighted by molar-refractivity contribution is 5.40. The number of hydrazine groups is 1. The Morgan fingerprint density at radius 2 is 2.17 bits per heavy atom. The Hall–Kier alpha value is -2.72. The molecule has 1 heterocycles. The molecule has 0 bridgehead atoms. The molecule has 3 N–H and O–H groups in total. The van der Waals surface area contributed by atoms with Crippen LogP contribution in [0.1, 0.15) is 5.56 Å². The number of hydrogen-bond donors (Lipinski definition) is 2. The lowest BCUT2D eigenvalue weighted by Gasteiger charge is -2.06. The van der Waals surface area contributed by atoms with Crippen LogP contribution in [0.4, 0.5) is 10.2 Å². The third-order valence-electron chi connectivity index (χ3n) is 2.07. The molecule has 2 aromatic rings. The summed E-state index contributed by atoms with van der Waals surface area (Å²) >= 11 is 0. The fraction of sp³-hybridized carbons (Fsp3) is 0. The van der Waals surface area contributed by atoms with Gasteiger partial charge in [-0.3, -0.25) is 0 Å². The number of nitrogen functional groups attached to an aromatic ring is 1. The summed E-state index contributed by atoms with van der Waals surface area (Å²) in [5.41, 5.74) is 2.53. The summed E-state index contributed by atoms with van der Waals surface area (Å²) in [6, 6.07) is 7.12. The number of nitriles is 1. The Labute approximate surface area is 102 Å². The van der Waals surface area contributed by atoms with Crippen LogP contribution in [-0.2, 0) is 0 Å². The lowest BCUT2D eigenvalue weighted by atomic mass is 10.2. The summed E-state index contributed by atoms with van der Waals surface area (Å²) in [6.45, 7) is 0. The van der Waals surface area contributed by atoms with Crippen LogP contribution in [0.5, 0.6) is 11.6 Å². The summed E-state index contributed by atoms with van der Waals surface area (Å²) in [6.07, 6.45) is 1.23. The number of benzene rings is 1. The van der Waals surface area contributed by atoms with E-state index in [2.05, 4.69) is 15.4 Å². The number of aromatic nitrogens is 2. The third kappa shape index (κ3) is 2.50. The Kier molecular flexibility index (Phi) is 3.31. The van der Waals surface area contributed by atoms with Crippen LogP contribution >= 0.6 is 0 Å². The monoisotopic (exact) mass is 245 g/mol. The van der Waals surface area contributed by atoms with Crippen molar-refractivity contribution in [2.75, 3.05) is 5.43 Å². The molecule has 1 aromatic carbocycles. The van der Waals surface area contributed by atoms with Gasteiger partial charge in [0, 0.05) is 6.07 Å². The van der Waals surface area contributed by atoms with Crippen LogP contribution < -0.4 is 16.0 Å². The van der Waals surface area contributed by atoms with Crippen molar-refractivity contribution in [1.82, 2.24) is 9.97 Å². The third-order valence-corrected chi connectivity index (χ3v) is 2.07. The summed E-state index contributed by atoms with van der Waals surface area (Å²) < 4.78 is 18.8. The number of nitrogens with one attached hydrogen (secondary N) is 1. The molecule has 0 aliphatic carbocycles. The van der Waals surface area contributed by atoms with E-state index in [1.165, 1.54) is 24.5 Å². The zero-order valence-electron chi connectivity index (χ0n) is 9.09. The molecule has 18 heavy (non-hydrogen) atoms. The molecule has 0 aliphatic rings. The van der Waals surface area contributed by atoms with E-state index in [0.29, 0.717) is 5.82 Å². The highest BCUT2D eigenvalue weighted by atomic mass is 19.1. The molecule has 0 saturated carbocycles. The van der Waals surface area contributed by atoms with E-state index in [4.69, 9.17) is 15.8 Å². The number of nitrogens with zero attached hydrogens (tertiary/aromatic N) is 3. The number of anilines is 1. The second-order valence-corrected chi connectivity index (χ2v) is 3.24. The van der Waals surface area contributed by atoms with Crippen LogP contribution in [0.3, 0.4) is 0 Å². The van der Waals surface area contributed by atoms with Crippen molar-refractivity contribution in [3.8, 4) is 17.7 Å². The molecule has 7 heteroatoms. The average Bonchev–Trinajstić information content (AvgIpc) is 2.41. The molecule has 0 unspecified atom stereocenters. The van der Waals surface area contributed by atoms with E-state index in [1.807, 2.05) is 6.07 Å². The maximum absolute atomic E-state index is 13.5. The predicted molar refractivity (Wildman–Crippen MR) is 61.0 cm³/mol. The molecule has 0 saturated heterocycles. The van der Waals surface area contributed by atoms with Crippen LogP contribution in [0.15, 0.2) is 30.6 Å². The van der Waals surface area contributed by atoms with Gasteiger partial charge in [0.1, 0.15) is 12.1 Å². The number of hydrogen-bond acceptors (Lipinski definition) is 6. The molecule has 90 valence electrons. The average molecular weight is 245 g/mol. The van der Waals surface area contributed by atoms with Crippen molar-refractivity contribution in [2.24, 2.45) is 5.84 Å². The number of rotatable bonds is 3. The quantitative estimate of drug-likeness (QED) is 0.629. The molecule has 0 spiro atoms. The Balaban J connectivity index is 2.26. The minimum atomic E-state index is -0.644. The van der Waals surface area contributed by atoms with E-state index in [0.717, 1.165) is 6.07 Å². The lowest BCUT2D eigenvalue weighted by Crippen LogP contribution is -2.08. The standard InChI is InChI=1S/C11H8FN5O/c12-8-3-7(5-13)1-2-9(8)18-11-4-10(17-14)15-6-16-11/h1-4,6H,14H2,(H,15,16,17). The van der Waals surface area contributed by atoms with Crippen LogP contribution in [0.25, 0.3) is 0 Å². The van der Waals surface area contributed by atoms with Crippen molar-refractivity contribution in [3.05, 3.63) is 42.0 Å². The molecular weight excluding hydrogens is 237 g/mol. The molecule has 0 amide bonds. The first-order valence-corrected chi connectivity index (χ1v) is 4.89. The summed E-state index contributed by atoms with van der Waals surface area (Å²) in [7, 11) is 0. The Bertz CT molecular complexity index is 611. The lowest BCUT2D eigenvalue weighted by molar-refractivity contribution is 0.426. The van der Waals surface area contributed by atoms with Crippen molar-refractivity contribution >= 4 is 5.82 Å². The van der Waals surface area contributed by atoms with Crippen molar-refractivity contribution in [1.29, 1.82) is 5.26 Å². The fourth-order valence-corrected chi connectivity index (χ4v) is 1.24. The van der Waals surface area contributed by atoms with Gasteiger partial charge in [0.05, 0.1) is 11.6 Å². The summed E-state index contributed by atoms with van der Waals surface area (Å²) in [5, 5.41) is 8.61. The van der Waals surface area contributed by atoms with Crippen molar-refractivity contribution in [3.63, 3.8) is 0 Å². The zero-order valence-corrected chi connectivity index (χ0v) is 9.09. The van der Waals surface area contributed by atoms with E-state index in [1.54, 1.807) is 0 Å². The van der Waals surface area contributed by atoms with Crippen molar-refractivity contribution in [2.45, 2.75) is 0 Å². The summed E-state index contributed by atoms with van der Waals surface area (Å²) in [5.74, 6) is 4.98. The van der Waals surface area contributed by atoms with Gasteiger partial charge in [-0.1, -0.05) is 0 Å². The fourth-order valence-electron chi connectivity index (χ4n) is 1.24. The second kappa shape index (κ2) is 5.07. The second-order valence-electron chi connectivity index (χ2n) is 3.24. The SMILES string of the molecule is N#Cc1ccc(Oc2cc(NN)ncn2)c(F)c1. The molecule has 0 atom stereocenters. The van der Waals surface area contributed by atoms with E-state index in [-0.39, 0.29) is 17.2 Å². The zero-order chi connectivity index (χ0) is 13.0. The van der Waals surface area contributed by atoms with Gasteiger partial charge in [-0.2, -0.15) is 5.26 Å². The predicted octanol–water partition coefficient (Wildman–Crippen LogP) is 1.57. The van der Waals surface area contributed by atoms with Gasteiger partial charge in [0.2, 0.25) is 5.88 Å². The highest BCUT2D eigenvalue weighted by Crippen LogP contribution is 2.24. The van der Waals surface area contributed by atoms with Crippen LogP contribution in [0.2, 0.25) is 0 Å². The van der Waals surface area contributed by atoms with E-state index in [9.17, 15) is 4.39 Å². The number of halogens is 1. The van der Waals surface area contributed by atoms with Gasteiger partial charge in [-0.25, -0.2) is 20.2 Å². The Morgan fingerprint density at radius 3 is 2.83 bits per heavy atom. The smallest absolute Gasteiger partial charge is 0.224 e. The first-order valence-electron chi connectivity index (χ1n) is 4.89. The van der Waals surface area contributed by atoms with E-state index < -0.39 is 5.82 Å². The molecule has 0 aliphatic heterocycles. The van der Waals surface area contributed by atoms with Gasteiger partial charge in [-0.15, -0.1) is 0 Å². The number of nitrogens with two attached hydrogens (primary N) is 1. The molecule has 1 aromatic heterocycles. The molecule has 6 nitrogen and oxygen atoms in total. The molecule has 0 radical (unpaired) electrons. The topological polar surface area (TPSA) is 96.8 Å². The van der Waals surface area contributed by atoms with Crippen LogP contribution in [-0.4, -0.2) is 9.97 Å². The molecular formula is C11H8FN5O. The maximum Gasteiger partial charge on any atom is 0.224 e. The van der Waals surface area contributed by atoms with Gasteiger partial charge < -0.3 is 10.2 Å². The van der Waals surface area contributed by atoms with Gasteiger partial charge in [-0.05, 0) is 18.2 Å². The highest BCUT2D eigenvalue weighted by Gasteiger charge is 2.07. The van der Waals surface area contributed by atoms with E-state index >= 15 is 0 Å². The number of ether oxygens (including phenoxy) is 1. The van der Waals surface area contributed by atoms with Gasteiger partial charge in [0.25, 0.3) is 0 Å². The minimum absolute atomic E-state index is 0.0318. The van der Waals surface area contributed by atoms with Gasteiger partial charge in [0.15, 0.2) is 11.6 Å². The Morgan fingerprint density at radius 1 is 1.33 bits per heavy atom. The maximum atomic E-state index is 13.5. The molecule has 2 rings (SSSR count). The van der Waals surface area contributed by atoms with Gasteiger partial charge >= 0.3 is 0 Å². The normalized spacial score (nSPS) is 9.61. The van der Waals surface area contributed by atoms with Crippen molar-refractivity contribution < 1.29 is 9.13 Å². The summed E-state index contributed by atoms with van der Waals surface area (Å²) in [4.78, 5) is 7.59. The first kappa shape index (κ1) is 11.8. The van der Waals surface area contributed by atoms with Crippen LogP contribution in [0, 0.1) is 17.1 Å². The largest absolute Gasteiger partial charge is 0.436 e. The molecule has 0 fully saturated rings. The minimum Gasteiger partial charge on any atom is -0.436 e. The first-order chi connectivity index (χ1) is 8.72.